The molecule has 0 bridgehead atoms. The highest BCUT2D eigenvalue weighted by Gasteiger charge is 2.33. The normalized spacial score (nSPS) is 10.9. The predicted octanol–water partition coefficient (Wildman–Crippen LogP) is 3.36. The minimum atomic E-state index is -4.98. The Morgan fingerprint density at radius 2 is 1.93 bits per heavy atom. The minimum absolute atomic E-state index is 0.0667. The van der Waals surface area contributed by atoms with Gasteiger partial charge in [-0.1, -0.05) is 0 Å². The van der Waals surface area contributed by atoms with E-state index < -0.39 is 23.5 Å². The second kappa shape index (κ2) is 4.06. The number of nitriles is 1. The average molecular weight is 284 g/mol. The van der Waals surface area contributed by atoms with Crippen LogP contribution in [0.4, 0.5) is 17.6 Å². The zero-order chi connectivity index (χ0) is 11.6. The maximum absolute atomic E-state index is 13.2. The van der Waals surface area contributed by atoms with Gasteiger partial charge in [0, 0.05) is 4.47 Å². The molecule has 0 atom stereocenters. The van der Waals surface area contributed by atoms with Gasteiger partial charge in [-0.3, -0.25) is 0 Å². The summed E-state index contributed by atoms with van der Waals surface area (Å²) in [5.74, 6) is -2.37. The fraction of sp³-hybridized carbons (Fsp3) is 0.125. The summed E-state index contributed by atoms with van der Waals surface area (Å²) in [5, 5.41) is 8.47. The van der Waals surface area contributed by atoms with Crippen LogP contribution in [-0.4, -0.2) is 6.36 Å². The Morgan fingerprint density at radius 3 is 2.40 bits per heavy atom. The molecule has 7 heteroatoms. The molecule has 1 aromatic carbocycles. The molecule has 0 saturated carbocycles. The minimum Gasteiger partial charge on any atom is -0.403 e. The van der Waals surface area contributed by atoms with Crippen LogP contribution in [-0.2, 0) is 0 Å². The second-order valence-electron chi connectivity index (χ2n) is 2.39. The van der Waals surface area contributed by atoms with Gasteiger partial charge in [-0.05, 0) is 28.1 Å². The standard InChI is InChI=1S/C8H2BrF4NO/c9-5-1-2-6(15-8(11,12)13)7(10)4(5)3-14/h1-2H. The van der Waals surface area contributed by atoms with E-state index in [1.54, 1.807) is 0 Å². The molecule has 0 aliphatic rings. The summed E-state index contributed by atoms with van der Waals surface area (Å²) in [6.45, 7) is 0. The van der Waals surface area contributed by atoms with E-state index in [0.717, 1.165) is 12.1 Å². The van der Waals surface area contributed by atoms with Crippen molar-refractivity contribution >= 4 is 15.9 Å². The zero-order valence-corrected chi connectivity index (χ0v) is 8.49. The number of benzene rings is 1. The molecule has 80 valence electrons. The van der Waals surface area contributed by atoms with E-state index in [2.05, 4.69) is 20.7 Å². The van der Waals surface area contributed by atoms with Crippen LogP contribution >= 0.6 is 15.9 Å². The summed E-state index contributed by atoms with van der Waals surface area (Å²) in [6.07, 6.45) is -4.98. The van der Waals surface area contributed by atoms with Crippen LogP contribution < -0.4 is 4.74 Å². The highest BCUT2D eigenvalue weighted by molar-refractivity contribution is 9.10. The first kappa shape index (κ1) is 11.8. The Labute approximate surface area is 90.2 Å². The summed E-state index contributed by atoms with van der Waals surface area (Å²) in [5.41, 5.74) is -0.531. The molecule has 2 nitrogen and oxygen atoms in total. The third kappa shape index (κ3) is 2.83. The highest BCUT2D eigenvalue weighted by atomic mass is 79.9. The lowest BCUT2D eigenvalue weighted by atomic mass is 10.2. The van der Waals surface area contributed by atoms with Gasteiger partial charge in [0.2, 0.25) is 0 Å². The maximum atomic E-state index is 13.2. The van der Waals surface area contributed by atoms with E-state index >= 15 is 0 Å². The molecule has 0 aliphatic carbocycles. The van der Waals surface area contributed by atoms with Crippen molar-refractivity contribution in [2.45, 2.75) is 6.36 Å². The molecular formula is C8H2BrF4NO. The monoisotopic (exact) mass is 283 g/mol. The number of hydrogen-bond donors (Lipinski definition) is 0. The summed E-state index contributed by atoms with van der Waals surface area (Å²) in [4.78, 5) is 0. The fourth-order valence-electron chi connectivity index (χ4n) is 0.839. The predicted molar refractivity (Wildman–Crippen MR) is 45.5 cm³/mol. The third-order valence-electron chi connectivity index (χ3n) is 1.39. The smallest absolute Gasteiger partial charge is 0.403 e. The third-order valence-corrected chi connectivity index (χ3v) is 2.05. The molecule has 1 rings (SSSR count). The van der Waals surface area contributed by atoms with Crippen molar-refractivity contribution in [1.82, 2.24) is 0 Å². The number of rotatable bonds is 1. The first-order chi connectivity index (χ1) is 6.85. The molecule has 15 heavy (non-hydrogen) atoms. The van der Waals surface area contributed by atoms with Crippen molar-refractivity contribution < 1.29 is 22.3 Å². The van der Waals surface area contributed by atoms with Crippen LogP contribution in [0, 0.1) is 17.1 Å². The molecule has 0 heterocycles. The number of alkyl halides is 3. The van der Waals surface area contributed by atoms with Crippen molar-refractivity contribution in [3.05, 3.63) is 28.0 Å². The van der Waals surface area contributed by atoms with Gasteiger partial charge >= 0.3 is 6.36 Å². The topological polar surface area (TPSA) is 33.0 Å². The van der Waals surface area contributed by atoms with Crippen molar-refractivity contribution in [2.75, 3.05) is 0 Å². The van der Waals surface area contributed by atoms with Gasteiger partial charge in [-0.2, -0.15) is 5.26 Å². The summed E-state index contributed by atoms with van der Waals surface area (Å²) < 4.78 is 52.0. The largest absolute Gasteiger partial charge is 0.573 e. The Hall–Kier alpha value is -1.29. The van der Waals surface area contributed by atoms with E-state index in [1.165, 1.54) is 6.07 Å². The van der Waals surface area contributed by atoms with Crippen LogP contribution in [0.3, 0.4) is 0 Å². The van der Waals surface area contributed by atoms with Gasteiger partial charge in [0.1, 0.15) is 11.6 Å². The van der Waals surface area contributed by atoms with Gasteiger partial charge in [0.05, 0.1) is 0 Å². The van der Waals surface area contributed by atoms with E-state index in [1.807, 2.05) is 0 Å². The fourth-order valence-corrected chi connectivity index (χ4v) is 1.23. The van der Waals surface area contributed by atoms with Crippen molar-refractivity contribution in [1.29, 1.82) is 5.26 Å². The van der Waals surface area contributed by atoms with Gasteiger partial charge in [-0.25, -0.2) is 4.39 Å². The molecular weight excluding hydrogens is 282 g/mol. The van der Waals surface area contributed by atoms with Crippen LogP contribution in [0.25, 0.3) is 0 Å². The van der Waals surface area contributed by atoms with Crippen LogP contribution in [0.1, 0.15) is 5.56 Å². The highest BCUT2D eigenvalue weighted by Crippen LogP contribution is 2.30. The van der Waals surface area contributed by atoms with Gasteiger partial charge in [-0.15, -0.1) is 13.2 Å². The molecule has 0 N–H and O–H groups in total. The Balaban J connectivity index is 3.18. The SMILES string of the molecule is N#Cc1c(Br)ccc(OC(F)(F)F)c1F. The van der Waals surface area contributed by atoms with Gasteiger partial charge < -0.3 is 4.74 Å². The molecule has 1 aromatic rings. The molecule has 0 fully saturated rings. The van der Waals surface area contributed by atoms with E-state index in [9.17, 15) is 17.6 Å². The molecule has 0 radical (unpaired) electrons. The van der Waals surface area contributed by atoms with Crippen molar-refractivity contribution in [2.24, 2.45) is 0 Å². The number of nitrogens with zero attached hydrogens (tertiary/aromatic N) is 1. The Morgan fingerprint density at radius 1 is 1.33 bits per heavy atom. The van der Waals surface area contributed by atoms with E-state index in [0.29, 0.717) is 0 Å². The first-order valence-electron chi connectivity index (χ1n) is 3.49. The first-order valence-corrected chi connectivity index (χ1v) is 4.28. The summed E-state index contributed by atoms with van der Waals surface area (Å²) >= 11 is 2.82. The summed E-state index contributed by atoms with van der Waals surface area (Å²) in [6, 6.07) is 3.31. The molecule has 0 amide bonds. The number of ether oxygens (including phenoxy) is 1. The van der Waals surface area contributed by atoms with Crippen molar-refractivity contribution in [3.63, 3.8) is 0 Å². The molecule has 0 saturated heterocycles. The Bertz CT molecular complexity index is 424. The lowest BCUT2D eigenvalue weighted by molar-refractivity contribution is -0.275. The molecule has 0 unspecified atom stereocenters. The lowest BCUT2D eigenvalue weighted by Crippen LogP contribution is -2.18. The quantitative estimate of drug-likeness (QED) is 0.741. The van der Waals surface area contributed by atoms with E-state index in [4.69, 9.17) is 5.26 Å². The molecule has 0 spiro atoms. The number of halogens is 5. The van der Waals surface area contributed by atoms with E-state index in [-0.39, 0.29) is 4.47 Å². The van der Waals surface area contributed by atoms with Crippen LogP contribution in [0.2, 0.25) is 0 Å². The average Bonchev–Trinajstić information content (AvgIpc) is 2.09. The molecule has 0 aliphatic heterocycles. The van der Waals surface area contributed by atoms with Crippen molar-refractivity contribution in [3.8, 4) is 11.8 Å². The second-order valence-corrected chi connectivity index (χ2v) is 3.25. The van der Waals surface area contributed by atoms with Gasteiger partial charge in [0.15, 0.2) is 11.6 Å². The number of hydrogen-bond acceptors (Lipinski definition) is 2. The summed E-state index contributed by atoms with van der Waals surface area (Å²) in [7, 11) is 0. The van der Waals surface area contributed by atoms with Crippen LogP contribution in [0.15, 0.2) is 16.6 Å². The zero-order valence-electron chi connectivity index (χ0n) is 6.90. The Kier molecular flexibility index (Phi) is 3.19. The maximum Gasteiger partial charge on any atom is 0.573 e. The van der Waals surface area contributed by atoms with Gasteiger partial charge in [0.25, 0.3) is 0 Å². The lowest BCUT2D eigenvalue weighted by Gasteiger charge is -2.10. The molecule has 0 aromatic heterocycles. The van der Waals surface area contributed by atoms with Crippen LogP contribution in [0.5, 0.6) is 5.75 Å².